The fourth-order valence-electron chi connectivity index (χ4n) is 4.77. The SMILES string of the molecule is CC(C)(C)NCCOc1ccc2oc(C(C)(C)CCC(C)(C)NCCCOc3ccc4oc(C(C)(C)C)cc4n3)cc2n1. The monoisotopic (exact) mass is 592 g/mol. The largest absolute Gasteiger partial charge is 0.478 e. The highest BCUT2D eigenvalue weighted by atomic mass is 16.5. The summed E-state index contributed by atoms with van der Waals surface area (Å²) < 4.78 is 24.0. The first-order valence-corrected chi connectivity index (χ1v) is 15.6. The molecule has 0 aliphatic heterocycles. The van der Waals surface area contributed by atoms with Crippen LogP contribution in [-0.2, 0) is 10.8 Å². The van der Waals surface area contributed by atoms with Crippen molar-refractivity contribution >= 4 is 22.2 Å². The average Bonchev–Trinajstić information content (AvgIpc) is 3.54. The van der Waals surface area contributed by atoms with Crippen molar-refractivity contribution in [3.8, 4) is 11.8 Å². The Bertz CT molecular complexity index is 1490. The molecule has 4 heterocycles. The van der Waals surface area contributed by atoms with E-state index < -0.39 is 0 Å². The van der Waals surface area contributed by atoms with E-state index in [2.05, 4.69) is 95.9 Å². The van der Waals surface area contributed by atoms with E-state index in [-0.39, 0.29) is 21.9 Å². The Morgan fingerprint density at radius 1 is 0.651 bits per heavy atom. The van der Waals surface area contributed by atoms with E-state index in [1.54, 1.807) is 0 Å². The lowest BCUT2D eigenvalue weighted by Crippen LogP contribution is -2.41. The molecule has 43 heavy (non-hydrogen) atoms. The maximum absolute atomic E-state index is 6.24. The average molecular weight is 593 g/mol. The van der Waals surface area contributed by atoms with E-state index in [1.807, 2.05) is 30.3 Å². The molecule has 8 heteroatoms. The Balaban J connectivity index is 1.22. The van der Waals surface area contributed by atoms with Crippen molar-refractivity contribution in [2.24, 2.45) is 0 Å². The number of hydrogen-bond acceptors (Lipinski definition) is 8. The van der Waals surface area contributed by atoms with Gasteiger partial charge in [0.2, 0.25) is 11.8 Å². The minimum atomic E-state index is -0.134. The van der Waals surface area contributed by atoms with Crippen molar-refractivity contribution in [2.75, 3.05) is 26.3 Å². The molecule has 4 aromatic heterocycles. The third kappa shape index (κ3) is 9.44. The second-order valence-electron chi connectivity index (χ2n) is 15.0. The molecule has 2 N–H and O–H groups in total. The molecule has 0 atom stereocenters. The first-order valence-electron chi connectivity index (χ1n) is 15.6. The van der Waals surface area contributed by atoms with Crippen LogP contribution in [0, 0.1) is 0 Å². The van der Waals surface area contributed by atoms with Gasteiger partial charge in [0, 0.05) is 52.7 Å². The Morgan fingerprint density at radius 3 is 1.79 bits per heavy atom. The van der Waals surface area contributed by atoms with Gasteiger partial charge in [0.05, 0.1) is 6.61 Å². The fourth-order valence-corrected chi connectivity index (χ4v) is 4.77. The molecule has 4 aromatic rings. The number of ether oxygens (including phenoxy) is 2. The molecule has 0 spiro atoms. The lowest BCUT2D eigenvalue weighted by molar-refractivity contribution is 0.267. The van der Waals surface area contributed by atoms with E-state index in [9.17, 15) is 0 Å². The molecule has 8 nitrogen and oxygen atoms in total. The zero-order chi connectivity index (χ0) is 31.5. The van der Waals surface area contributed by atoms with Crippen LogP contribution in [0.25, 0.3) is 22.2 Å². The summed E-state index contributed by atoms with van der Waals surface area (Å²) >= 11 is 0. The van der Waals surface area contributed by atoms with Gasteiger partial charge in [-0.05, 0) is 72.6 Å². The minimum Gasteiger partial charge on any atom is -0.478 e. The van der Waals surface area contributed by atoms with Gasteiger partial charge in [-0.1, -0.05) is 34.6 Å². The highest BCUT2D eigenvalue weighted by Crippen LogP contribution is 2.35. The number of aromatic nitrogens is 2. The van der Waals surface area contributed by atoms with Crippen LogP contribution in [0.4, 0.5) is 0 Å². The molecule has 0 unspecified atom stereocenters. The molecule has 0 bridgehead atoms. The summed E-state index contributed by atoms with van der Waals surface area (Å²) in [6.45, 7) is 24.6. The van der Waals surface area contributed by atoms with Crippen LogP contribution in [0.1, 0.15) is 100 Å². The molecule has 0 aromatic carbocycles. The predicted octanol–water partition coefficient (Wildman–Crippen LogP) is 7.93. The summed E-state index contributed by atoms with van der Waals surface area (Å²) in [5.41, 5.74) is 3.10. The van der Waals surface area contributed by atoms with E-state index in [0.717, 1.165) is 66.1 Å². The highest BCUT2D eigenvalue weighted by Gasteiger charge is 2.29. The Morgan fingerprint density at radius 2 is 1.21 bits per heavy atom. The third-order valence-corrected chi connectivity index (χ3v) is 7.66. The van der Waals surface area contributed by atoms with Crippen LogP contribution < -0.4 is 20.1 Å². The summed E-state index contributed by atoms with van der Waals surface area (Å²) in [7, 11) is 0. The first-order chi connectivity index (χ1) is 20.0. The van der Waals surface area contributed by atoms with Crippen LogP contribution in [0.15, 0.2) is 45.2 Å². The lowest BCUT2D eigenvalue weighted by Gasteiger charge is -2.31. The number of hydrogen-bond donors (Lipinski definition) is 2. The second kappa shape index (κ2) is 12.9. The summed E-state index contributed by atoms with van der Waals surface area (Å²) in [4.78, 5) is 9.31. The van der Waals surface area contributed by atoms with Crippen molar-refractivity contribution < 1.29 is 18.3 Å². The van der Waals surface area contributed by atoms with Crippen molar-refractivity contribution in [1.82, 2.24) is 20.6 Å². The zero-order valence-electron chi connectivity index (χ0n) is 27.9. The van der Waals surface area contributed by atoms with Crippen LogP contribution in [0.3, 0.4) is 0 Å². The van der Waals surface area contributed by atoms with Gasteiger partial charge in [0.15, 0.2) is 11.2 Å². The number of rotatable bonds is 14. The van der Waals surface area contributed by atoms with Gasteiger partial charge in [-0.2, -0.15) is 0 Å². The molecule has 0 radical (unpaired) electrons. The molecular weight excluding hydrogens is 540 g/mol. The fraction of sp³-hybridized carbons (Fsp3) is 0.600. The topological polar surface area (TPSA) is 94.6 Å². The third-order valence-electron chi connectivity index (χ3n) is 7.66. The Kier molecular flexibility index (Phi) is 9.82. The van der Waals surface area contributed by atoms with Gasteiger partial charge in [0.1, 0.15) is 29.2 Å². The van der Waals surface area contributed by atoms with E-state index in [1.165, 1.54) is 0 Å². The molecule has 0 aliphatic carbocycles. The van der Waals surface area contributed by atoms with Crippen molar-refractivity contribution in [3.05, 3.63) is 47.9 Å². The summed E-state index contributed by atoms with van der Waals surface area (Å²) in [5.74, 6) is 3.13. The molecular formula is C35H52N4O4. The number of nitrogens with zero attached hydrogens (tertiary/aromatic N) is 2. The van der Waals surface area contributed by atoms with Crippen molar-refractivity contribution in [3.63, 3.8) is 0 Å². The molecule has 4 rings (SSSR count). The molecule has 0 saturated carbocycles. The van der Waals surface area contributed by atoms with E-state index in [0.29, 0.717) is 25.0 Å². The molecule has 0 aliphatic rings. The van der Waals surface area contributed by atoms with Gasteiger partial charge in [-0.15, -0.1) is 0 Å². The Hall–Kier alpha value is -3.10. The van der Waals surface area contributed by atoms with Gasteiger partial charge < -0.3 is 28.9 Å². The smallest absolute Gasteiger partial charge is 0.214 e. The number of fused-ring (bicyclic) bond motifs is 2. The first kappa shape index (κ1) is 32.8. The minimum absolute atomic E-state index is 0.0268. The zero-order valence-corrected chi connectivity index (χ0v) is 27.9. The van der Waals surface area contributed by atoms with E-state index in [4.69, 9.17) is 18.3 Å². The maximum atomic E-state index is 6.24. The highest BCUT2D eigenvalue weighted by molar-refractivity contribution is 5.75. The summed E-state index contributed by atoms with van der Waals surface area (Å²) in [6, 6.07) is 11.7. The number of nitrogens with one attached hydrogen (secondary N) is 2. The van der Waals surface area contributed by atoms with Crippen LogP contribution in [0.2, 0.25) is 0 Å². The quantitative estimate of drug-likeness (QED) is 0.143. The standard InChI is InChI=1S/C35H52N4O4/c1-32(2,3)28-22-24-26(42-28)12-14-30(38-24)40-20-11-18-37-35(9,10)17-16-34(7,8)29-23-25-27(43-29)13-15-31(39-25)41-21-19-36-33(4,5)6/h12-15,22-23,36-37H,11,16-21H2,1-10H3. The number of furan rings is 2. The second-order valence-corrected chi connectivity index (χ2v) is 15.0. The van der Waals surface area contributed by atoms with Gasteiger partial charge in [-0.25, -0.2) is 9.97 Å². The van der Waals surface area contributed by atoms with Gasteiger partial charge in [-0.3, -0.25) is 0 Å². The molecule has 0 fully saturated rings. The normalized spacial score (nSPS) is 13.3. The van der Waals surface area contributed by atoms with Crippen LogP contribution >= 0.6 is 0 Å². The van der Waals surface area contributed by atoms with Gasteiger partial charge >= 0.3 is 0 Å². The molecule has 0 saturated heterocycles. The maximum Gasteiger partial charge on any atom is 0.214 e. The number of pyridine rings is 2. The van der Waals surface area contributed by atoms with Crippen molar-refractivity contribution in [2.45, 2.75) is 110 Å². The predicted molar refractivity (Wildman–Crippen MR) is 174 cm³/mol. The van der Waals surface area contributed by atoms with Crippen LogP contribution in [0.5, 0.6) is 11.8 Å². The molecule has 0 amide bonds. The van der Waals surface area contributed by atoms with E-state index >= 15 is 0 Å². The summed E-state index contributed by atoms with van der Waals surface area (Å²) in [5, 5.41) is 7.13. The lowest BCUT2D eigenvalue weighted by atomic mass is 9.81. The Labute approximate surface area is 257 Å². The van der Waals surface area contributed by atoms with Crippen molar-refractivity contribution in [1.29, 1.82) is 0 Å². The summed E-state index contributed by atoms with van der Waals surface area (Å²) in [6.07, 6.45) is 2.85. The van der Waals surface area contributed by atoms with Gasteiger partial charge in [0.25, 0.3) is 0 Å². The van der Waals surface area contributed by atoms with Crippen LogP contribution in [-0.4, -0.2) is 47.3 Å². The molecule has 236 valence electrons.